The second-order valence-electron chi connectivity index (χ2n) is 5.15. The molecule has 1 saturated carbocycles. The molecule has 0 bridgehead atoms. The lowest BCUT2D eigenvalue weighted by Crippen LogP contribution is -2.61. The maximum Gasteiger partial charge on any atom is 0.329 e. The van der Waals surface area contributed by atoms with Gasteiger partial charge in [-0.05, 0) is 39.0 Å². The van der Waals surface area contributed by atoms with Crippen molar-refractivity contribution in [2.45, 2.75) is 50.1 Å². The predicted octanol–water partition coefficient (Wildman–Crippen LogP) is 0.333. The van der Waals surface area contributed by atoms with Crippen molar-refractivity contribution in [2.24, 2.45) is 5.73 Å². The molecule has 1 unspecified atom stereocenters. The first-order chi connectivity index (χ1) is 7.40. The van der Waals surface area contributed by atoms with Gasteiger partial charge in [-0.1, -0.05) is 0 Å². The summed E-state index contributed by atoms with van der Waals surface area (Å²) >= 11 is 0. The third kappa shape index (κ3) is 1.59. The second kappa shape index (κ2) is 3.45. The van der Waals surface area contributed by atoms with Gasteiger partial charge in [-0.15, -0.1) is 0 Å². The van der Waals surface area contributed by atoms with E-state index in [1.165, 1.54) is 4.90 Å². The average molecular weight is 226 g/mol. The van der Waals surface area contributed by atoms with Crippen LogP contribution in [-0.2, 0) is 9.59 Å². The zero-order chi connectivity index (χ0) is 12.0. The summed E-state index contributed by atoms with van der Waals surface area (Å²) in [7, 11) is 0. The number of amides is 1. The predicted molar refractivity (Wildman–Crippen MR) is 57.8 cm³/mol. The molecule has 2 fully saturated rings. The Morgan fingerprint density at radius 1 is 1.25 bits per heavy atom. The van der Waals surface area contributed by atoms with E-state index in [0.29, 0.717) is 25.8 Å². The largest absolute Gasteiger partial charge is 0.480 e. The normalized spacial score (nSPS) is 32.2. The molecule has 5 heteroatoms. The summed E-state index contributed by atoms with van der Waals surface area (Å²) in [5, 5.41) is 9.27. The topological polar surface area (TPSA) is 83.6 Å². The van der Waals surface area contributed by atoms with E-state index in [2.05, 4.69) is 0 Å². The van der Waals surface area contributed by atoms with Crippen molar-refractivity contribution in [2.75, 3.05) is 6.54 Å². The van der Waals surface area contributed by atoms with Crippen LogP contribution in [0.2, 0.25) is 0 Å². The SMILES string of the molecule is CC1(C(=O)O)CCCCN1C(=O)C1(N)CC1. The Morgan fingerprint density at radius 3 is 2.38 bits per heavy atom. The van der Waals surface area contributed by atoms with Crippen molar-refractivity contribution in [3.8, 4) is 0 Å². The zero-order valence-corrected chi connectivity index (χ0v) is 9.53. The van der Waals surface area contributed by atoms with Gasteiger partial charge >= 0.3 is 5.97 Å². The first-order valence-corrected chi connectivity index (χ1v) is 5.74. The Kier molecular flexibility index (Phi) is 2.45. The molecule has 1 heterocycles. The van der Waals surface area contributed by atoms with Gasteiger partial charge in [0.25, 0.3) is 0 Å². The zero-order valence-electron chi connectivity index (χ0n) is 9.53. The van der Waals surface area contributed by atoms with E-state index in [4.69, 9.17) is 5.73 Å². The maximum absolute atomic E-state index is 12.1. The van der Waals surface area contributed by atoms with Gasteiger partial charge in [-0.25, -0.2) is 4.79 Å². The third-order valence-corrected chi connectivity index (χ3v) is 3.81. The molecule has 0 aromatic carbocycles. The first-order valence-electron chi connectivity index (χ1n) is 5.74. The van der Waals surface area contributed by atoms with E-state index in [1.54, 1.807) is 6.92 Å². The number of nitrogens with zero attached hydrogens (tertiary/aromatic N) is 1. The second-order valence-corrected chi connectivity index (χ2v) is 5.15. The van der Waals surface area contributed by atoms with Crippen LogP contribution in [0.3, 0.4) is 0 Å². The summed E-state index contributed by atoms with van der Waals surface area (Å²) in [6.45, 7) is 2.14. The van der Waals surface area contributed by atoms with Gasteiger partial charge in [0, 0.05) is 6.54 Å². The fourth-order valence-corrected chi connectivity index (χ4v) is 2.29. The molecule has 1 saturated heterocycles. The molecule has 5 nitrogen and oxygen atoms in total. The lowest BCUT2D eigenvalue weighted by molar-refractivity contribution is -0.162. The van der Waals surface area contributed by atoms with Crippen molar-refractivity contribution in [1.82, 2.24) is 4.90 Å². The van der Waals surface area contributed by atoms with Gasteiger partial charge in [-0.2, -0.15) is 0 Å². The summed E-state index contributed by atoms with van der Waals surface area (Å²) < 4.78 is 0. The minimum Gasteiger partial charge on any atom is -0.480 e. The number of likely N-dealkylation sites (tertiary alicyclic amines) is 1. The van der Waals surface area contributed by atoms with E-state index in [1.807, 2.05) is 0 Å². The highest BCUT2D eigenvalue weighted by molar-refractivity contribution is 5.94. The van der Waals surface area contributed by atoms with Crippen molar-refractivity contribution < 1.29 is 14.7 Å². The van der Waals surface area contributed by atoms with Crippen LogP contribution in [0.25, 0.3) is 0 Å². The quantitative estimate of drug-likeness (QED) is 0.711. The number of carboxylic acids is 1. The number of carbonyl (C=O) groups is 2. The van der Waals surface area contributed by atoms with E-state index in [-0.39, 0.29) is 5.91 Å². The number of hydrogen-bond acceptors (Lipinski definition) is 3. The van der Waals surface area contributed by atoms with Crippen molar-refractivity contribution >= 4 is 11.9 Å². The van der Waals surface area contributed by atoms with Gasteiger partial charge in [0.05, 0.1) is 5.54 Å². The van der Waals surface area contributed by atoms with Gasteiger partial charge < -0.3 is 15.7 Å². The molecular formula is C11H18N2O3. The highest BCUT2D eigenvalue weighted by Crippen LogP contribution is 2.38. The number of piperidine rings is 1. The molecule has 0 aromatic heterocycles. The maximum atomic E-state index is 12.1. The molecule has 0 radical (unpaired) electrons. The fourth-order valence-electron chi connectivity index (χ4n) is 2.29. The molecular weight excluding hydrogens is 208 g/mol. The summed E-state index contributed by atoms with van der Waals surface area (Å²) in [6.07, 6.45) is 3.59. The van der Waals surface area contributed by atoms with Crippen molar-refractivity contribution in [3.05, 3.63) is 0 Å². The molecule has 1 aliphatic heterocycles. The molecule has 90 valence electrons. The van der Waals surface area contributed by atoms with Crippen molar-refractivity contribution in [3.63, 3.8) is 0 Å². The third-order valence-electron chi connectivity index (χ3n) is 3.81. The van der Waals surface area contributed by atoms with Crippen LogP contribution in [0, 0.1) is 0 Å². The lowest BCUT2D eigenvalue weighted by Gasteiger charge is -2.42. The Balaban J connectivity index is 2.23. The number of nitrogens with two attached hydrogens (primary N) is 1. The summed E-state index contributed by atoms with van der Waals surface area (Å²) in [5.74, 6) is -1.11. The molecule has 1 atom stereocenters. The van der Waals surface area contributed by atoms with Crippen LogP contribution >= 0.6 is 0 Å². The van der Waals surface area contributed by atoms with Crippen LogP contribution in [0.5, 0.6) is 0 Å². The molecule has 0 aromatic rings. The van der Waals surface area contributed by atoms with Crippen LogP contribution in [0.15, 0.2) is 0 Å². The molecule has 3 N–H and O–H groups in total. The Labute approximate surface area is 94.6 Å². The molecule has 2 rings (SSSR count). The van der Waals surface area contributed by atoms with Crippen LogP contribution < -0.4 is 5.73 Å². The Morgan fingerprint density at radius 2 is 1.88 bits per heavy atom. The van der Waals surface area contributed by atoms with E-state index in [0.717, 1.165) is 12.8 Å². The van der Waals surface area contributed by atoms with E-state index >= 15 is 0 Å². The van der Waals surface area contributed by atoms with Gasteiger partial charge in [0.2, 0.25) is 5.91 Å². The monoisotopic (exact) mass is 226 g/mol. The molecule has 2 aliphatic rings. The first kappa shape index (κ1) is 11.4. The summed E-state index contributed by atoms with van der Waals surface area (Å²) in [6, 6.07) is 0. The van der Waals surface area contributed by atoms with Crippen LogP contribution in [0.1, 0.15) is 39.0 Å². The number of rotatable bonds is 2. The number of hydrogen-bond donors (Lipinski definition) is 2. The summed E-state index contributed by atoms with van der Waals surface area (Å²) in [5.41, 5.74) is 4.02. The van der Waals surface area contributed by atoms with Crippen LogP contribution in [-0.4, -0.2) is 39.5 Å². The molecule has 0 spiro atoms. The summed E-state index contributed by atoms with van der Waals surface area (Å²) in [4.78, 5) is 24.9. The highest BCUT2D eigenvalue weighted by atomic mass is 16.4. The smallest absolute Gasteiger partial charge is 0.329 e. The van der Waals surface area contributed by atoms with Crippen LogP contribution in [0.4, 0.5) is 0 Å². The minimum atomic E-state index is -1.07. The average Bonchev–Trinajstić information content (AvgIpc) is 2.97. The van der Waals surface area contributed by atoms with Gasteiger partial charge in [0.1, 0.15) is 5.54 Å². The Bertz CT molecular complexity index is 338. The number of aliphatic carboxylic acids is 1. The van der Waals surface area contributed by atoms with E-state index in [9.17, 15) is 14.7 Å². The standard InChI is InChI=1S/C11H18N2O3/c1-10(9(15)16)4-2-3-7-13(10)8(14)11(12)5-6-11/h2-7,12H2,1H3,(H,15,16). The minimum absolute atomic E-state index is 0.183. The Hall–Kier alpha value is -1.10. The fraction of sp³-hybridized carbons (Fsp3) is 0.818. The number of carbonyl (C=O) groups excluding carboxylic acids is 1. The van der Waals surface area contributed by atoms with Gasteiger partial charge in [-0.3, -0.25) is 4.79 Å². The van der Waals surface area contributed by atoms with E-state index < -0.39 is 17.0 Å². The van der Waals surface area contributed by atoms with Gasteiger partial charge in [0.15, 0.2) is 0 Å². The molecule has 16 heavy (non-hydrogen) atoms. The molecule has 1 aliphatic carbocycles. The lowest BCUT2D eigenvalue weighted by atomic mass is 9.87. The number of carboxylic acid groups (broad SMARTS) is 1. The highest BCUT2D eigenvalue weighted by Gasteiger charge is 2.54. The molecule has 1 amide bonds. The van der Waals surface area contributed by atoms with Crippen molar-refractivity contribution in [1.29, 1.82) is 0 Å².